The summed E-state index contributed by atoms with van der Waals surface area (Å²) in [6.45, 7) is -0.250. The topological polar surface area (TPSA) is 63.3 Å². The molecule has 0 aromatic carbocycles. The van der Waals surface area contributed by atoms with Gasteiger partial charge in [0.25, 0.3) is 6.47 Å². The molecule has 3 heteroatoms. The van der Waals surface area contributed by atoms with Crippen molar-refractivity contribution in [3.63, 3.8) is 0 Å². The van der Waals surface area contributed by atoms with Gasteiger partial charge >= 0.3 is 0 Å². The highest BCUT2D eigenvalue weighted by molar-refractivity contribution is 5.32. The minimum atomic E-state index is -0.250. The maximum Gasteiger partial charge on any atom is 0.290 e. The lowest BCUT2D eigenvalue weighted by Gasteiger charge is -2.55. The van der Waals surface area contributed by atoms with Crippen LogP contribution in [0, 0.1) is 17.8 Å². The van der Waals surface area contributed by atoms with Crippen molar-refractivity contribution < 1.29 is 9.90 Å². The molecular weight excluding hydrogens is 178 g/mol. The van der Waals surface area contributed by atoms with Crippen molar-refractivity contribution >= 4 is 6.47 Å². The van der Waals surface area contributed by atoms with Crippen LogP contribution in [-0.4, -0.2) is 17.1 Å². The summed E-state index contributed by atoms with van der Waals surface area (Å²) >= 11 is 0. The summed E-state index contributed by atoms with van der Waals surface area (Å²) in [5.41, 5.74) is 6.62. The molecule has 80 valence electrons. The highest BCUT2D eigenvalue weighted by atomic mass is 16.3. The first-order valence-corrected chi connectivity index (χ1v) is 5.52. The summed E-state index contributed by atoms with van der Waals surface area (Å²) in [5.74, 6) is 3.06. The molecule has 4 aliphatic rings. The predicted octanol–water partition coefficient (Wildman–Crippen LogP) is 1.61. The van der Waals surface area contributed by atoms with Gasteiger partial charge in [-0.1, -0.05) is 0 Å². The Hall–Kier alpha value is -0.570. The van der Waals surface area contributed by atoms with Crippen LogP contribution >= 0.6 is 0 Å². The number of nitrogens with two attached hydrogens (primary N) is 1. The molecule has 0 heterocycles. The van der Waals surface area contributed by atoms with Gasteiger partial charge in [0.05, 0.1) is 0 Å². The van der Waals surface area contributed by atoms with Gasteiger partial charge in [0, 0.05) is 5.54 Å². The summed E-state index contributed by atoms with van der Waals surface area (Å²) in [5, 5.41) is 6.89. The van der Waals surface area contributed by atoms with Crippen LogP contribution in [0.5, 0.6) is 0 Å². The van der Waals surface area contributed by atoms with E-state index in [2.05, 4.69) is 0 Å². The van der Waals surface area contributed by atoms with Crippen molar-refractivity contribution in [3.8, 4) is 0 Å². The minimum Gasteiger partial charge on any atom is -0.483 e. The zero-order valence-corrected chi connectivity index (χ0v) is 8.48. The molecule has 4 saturated carbocycles. The number of carbonyl (C=O) groups is 1. The van der Waals surface area contributed by atoms with E-state index >= 15 is 0 Å². The van der Waals surface area contributed by atoms with Crippen LogP contribution in [0.1, 0.15) is 38.5 Å². The third-order valence-electron chi connectivity index (χ3n) is 4.09. The molecule has 0 saturated heterocycles. The lowest BCUT2D eigenvalue weighted by atomic mass is 9.53. The second-order valence-electron chi connectivity index (χ2n) is 5.39. The van der Waals surface area contributed by atoms with Crippen LogP contribution in [0.4, 0.5) is 0 Å². The molecule has 4 fully saturated rings. The molecule has 4 bridgehead atoms. The van der Waals surface area contributed by atoms with Crippen LogP contribution in [0.25, 0.3) is 0 Å². The Balaban J connectivity index is 0.000000226. The third-order valence-corrected chi connectivity index (χ3v) is 4.09. The average molecular weight is 197 g/mol. The van der Waals surface area contributed by atoms with Gasteiger partial charge in [0.15, 0.2) is 0 Å². The van der Waals surface area contributed by atoms with E-state index in [-0.39, 0.29) is 6.47 Å². The normalized spacial score (nSPS) is 48.2. The molecule has 3 N–H and O–H groups in total. The maximum atomic E-state index is 8.36. The van der Waals surface area contributed by atoms with Crippen molar-refractivity contribution in [3.05, 3.63) is 0 Å². The molecule has 0 aliphatic heterocycles. The van der Waals surface area contributed by atoms with Crippen molar-refractivity contribution in [1.82, 2.24) is 0 Å². The molecule has 4 aliphatic carbocycles. The Morgan fingerprint density at radius 2 is 1.36 bits per heavy atom. The quantitative estimate of drug-likeness (QED) is 0.580. The highest BCUT2D eigenvalue weighted by Gasteiger charge is 2.48. The Morgan fingerprint density at radius 3 is 1.57 bits per heavy atom. The average Bonchev–Trinajstić information content (AvgIpc) is 1.99. The van der Waals surface area contributed by atoms with E-state index < -0.39 is 0 Å². The Bertz CT molecular complexity index is 192. The van der Waals surface area contributed by atoms with Crippen LogP contribution in [0.15, 0.2) is 0 Å². The molecule has 0 amide bonds. The van der Waals surface area contributed by atoms with Crippen molar-refractivity contribution in [2.45, 2.75) is 44.1 Å². The van der Waals surface area contributed by atoms with Gasteiger partial charge in [-0.05, 0) is 56.3 Å². The number of hydrogen-bond donors (Lipinski definition) is 2. The summed E-state index contributed by atoms with van der Waals surface area (Å²) in [6.07, 6.45) is 8.57. The monoisotopic (exact) mass is 197 g/mol. The number of hydrogen-bond acceptors (Lipinski definition) is 2. The van der Waals surface area contributed by atoms with E-state index in [0.29, 0.717) is 5.54 Å². The van der Waals surface area contributed by atoms with E-state index in [1.807, 2.05) is 0 Å². The highest BCUT2D eigenvalue weighted by Crippen LogP contribution is 2.54. The van der Waals surface area contributed by atoms with Crippen LogP contribution < -0.4 is 5.73 Å². The molecular formula is C11H19NO2. The number of rotatable bonds is 0. The van der Waals surface area contributed by atoms with E-state index in [0.717, 1.165) is 17.8 Å². The fourth-order valence-electron chi connectivity index (χ4n) is 4.18. The van der Waals surface area contributed by atoms with Gasteiger partial charge in [-0.2, -0.15) is 0 Å². The Labute approximate surface area is 84.7 Å². The molecule has 0 aromatic rings. The van der Waals surface area contributed by atoms with Crippen LogP contribution in [-0.2, 0) is 4.79 Å². The third kappa shape index (κ3) is 1.78. The number of carboxylic acid groups (broad SMARTS) is 1. The van der Waals surface area contributed by atoms with Crippen molar-refractivity contribution in [1.29, 1.82) is 0 Å². The van der Waals surface area contributed by atoms with Gasteiger partial charge in [0.2, 0.25) is 0 Å². The molecule has 14 heavy (non-hydrogen) atoms. The summed E-state index contributed by atoms with van der Waals surface area (Å²) < 4.78 is 0. The second kappa shape index (κ2) is 3.54. The lowest BCUT2D eigenvalue weighted by Crippen LogP contribution is -2.55. The Morgan fingerprint density at radius 1 is 1.07 bits per heavy atom. The molecule has 0 spiro atoms. The molecule has 0 atom stereocenters. The van der Waals surface area contributed by atoms with Gasteiger partial charge < -0.3 is 10.8 Å². The first kappa shape index (κ1) is 9.97. The van der Waals surface area contributed by atoms with Gasteiger partial charge in [-0.15, -0.1) is 0 Å². The smallest absolute Gasteiger partial charge is 0.290 e. The van der Waals surface area contributed by atoms with Crippen molar-refractivity contribution in [2.75, 3.05) is 0 Å². The minimum absolute atomic E-state index is 0.250. The summed E-state index contributed by atoms with van der Waals surface area (Å²) in [6, 6.07) is 0. The summed E-state index contributed by atoms with van der Waals surface area (Å²) in [7, 11) is 0. The maximum absolute atomic E-state index is 8.36. The van der Waals surface area contributed by atoms with Gasteiger partial charge in [-0.3, -0.25) is 4.79 Å². The molecule has 0 radical (unpaired) electrons. The zero-order chi connectivity index (χ0) is 10.2. The van der Waals surface area contributed by atoms with Crippen LogP contribution in [0.2, 0.25) is 0 Å². The largest absolute Gasteiger partial charge is 0.483 e. The van der Waals surface area contributed by atoms with E-state index in [1.165, 1.54) is 38.5 Å². The lowest BCUT2D eigenvalue weighted by molar-refractivity contribution is -0.122. The standard InChI is InChI=1S/C10H17N.CH2O2/c11-10-4-7-1-8(5-10)3-9(2-7)6-10;2-1-3/h7-9H,1-6,11H2;1H,(H,2,3). The Kier molecular flexibility index (Phi) is 2.52. The molecule has 0 unspecified atom stereocenters. The van der Waals surface area contributed by atoms with E-state index in [1.54, 1.807) is 0 Å². The SMILES string of the molecule is NC12CC3CC(CC(C3)C1)C2.O=CO. The molecule has 3 nitrogen and oxygen atoms in total. The fourth-order valence-corrected chi connectivity index (χ4v) is 4.18. The van der Waals surface area contributed by atoms with Crippen LogP contribution in [0.3, 0.4) is 0 Å². The predicted molar refractivity (Wildman–Crippen MR) is 53.8 cm³/mol. The van der Waals surface area contributed by atoms with Gasteiger partial charge in [0.1, 0.15) is 0 Å². The molecule has 0 aromatic heterocycles. The summed E-state index contributed by atoms with van der Waals surface area (Å²) in [4.78, 5) is 8.36. The molecule has 4 rings (SSSR count). The fraction of sp³-hybridized carbons (Fsp3) is 0.909. The van der Waals surface area contributed by atoms with Gasteiger partial charge in [-0.25, -0.2) is 0 Å². The zero-order valence-electron chi connectivity index (χ0n) is 8.48. The first-order valence-electron chi connectivity index (χ1n) is 5.52. The second-order valence-corrected chi connectivity index (χ2v) is 5.39. The van der Waals surface area contributed by atoms with Crippen molar-refractivity contribution in [2.24, 2.45) is 23.5 Å². The van der Waals surface area contributed by atoms with E-state index in [4.69, 9.17) is 15.6 Å². The van der Waals surface area contributed by atoms with E-state index in [9.17, 15) is 0 Å². The first-order chi connectivity index (χ1) is 6.65.